The molecule has 0 aliphatic heterocycles. The van der Waals surface area contributed by atoms with Crippen LogP contribution in [0.5, 0.6) is 0 Å². The maximum atomic E-state index is 4.11. The molecular formula is C39H70. The van der Waals surface area contributed by atoms with Gasteiger partial charge in [-0.3, -0.25) is 0 Å². The van der Waals surface area contributed by atoms with Gasteiger partial charge in [-0.2, -0.15) is 0 Å². The van der Waals surface area contributed by atoms with Crippen molar-refractivity contribution in [1.29, 1.82) is 0 Å². The van der Waals surface area contributed by atoms with Crippen molar-refractivity contribution < 1.29 is 0 Å². The monoisotopic (exact) mass is 539 g/mol. The van der Waals surface area contributed by atoms with Crippen LogP contribution in [0.4, 0.5) is 0 Å². The van der Waals surface area contributed by atoms with E-state index in [-0.39, 0.29) is 12.8 Å². The summed E-state index contributed by atoms with van der Waals surface area (Å²) in [5.41, 5.74) is 11.4. The summed E-state index contributed by atoms with van der Waals surface area (Å²) in [4.78, 5) is 0. The Kier molecular flexibility index (Phi) is 32.5. The topological polar surface area (TPSA) is 0 Å². The molecule has 0 N–H and O–H groups in total. The number of hydrogen-bond donors (Lipinski definition) is 0. The summed E-state index contributed by atoms with van der Waals surface area (Å²) in [6.07, 6.45) is 14.4. The molecule has 0 fully saturated rings. The van der Waals surface area contributed by atoms with Gasteiger partial charge in [-0.05, 0) is 119 Å². The smallest absolute Gasteiger partial charge is 0.0137 e. The highest BCUT2D eigenvalue weighted by Gasteiger charge is 2.31. The summed E-state index contributed by atoms with van der Waals surface area (Å²) < 4.78 is 0. The maximum Gasteiger partial charge on any atom is -0.0137 e. The van der Waals surface area contributed by atoms with Gasteiger partial charge in [0.05, 0.1) is 0 Å². The fourth-order valence-corrected chi connectivity index (χ4v) is 4.95. The molecule has 39 heavy (non-hydrogen) atoms. The quantitative estimate of drug-likeness (QED) is 0.161. The van der Waals surface area contributed by atoms with Crippen LogP contribution in [0, 0.1) is 11.3 Å². The highest BCUT2D eigenvalue weighted by molar-refractivity contribution is 5.53. The number of hydrogen-bond acceptors (Lipinski definition) is 0. The van der Waals surface area contributed by atoms with Crippen LogP contribution in [-0.4, -0.2) is 0 Å². The first kappa shape index (κ1) is 46.5. The van der Waals surface area contributed by atoms with Gasteiger partial charge in [0.25, 0.3) is 0 Å². The summed E-state index contributed by atoms with van der Waals surface area (Å²) in [6, 6.07) is 0. The Balaban J connectivity index is -0.000000511. The van der Waals surface area contributed by atoms with Gasteiger partial charge in [0, 0.05) is 0 Å². The Morgan fingerprint density at radius 2 is 1.28 bits per heavy atom. The second kappa shape index (κ2) is 27.2. The lowest BCUT2D eigenvalue weighted by atomic mass is 9.68. The van der Waals surface area contributed by atoms with Crippen LogP contribution in [0.3, 0.4) is 0 Å². The van der Waals surface area contributed by atoms with E-state index in [1.807, 2.05) is 19.9 Å². The predicted molar refractivity (Wildman–Crippen MR) is 190 cm³/mol. The van der Waals surface area contributed by atoms with Gasteiger partial charge in [-0.25, -0.2) is 0 Å². The summed E-state index contributed by atoms with van der Waals surface area (Å²) in [7, 11) is 0. The zero-order chi connectivity index (χ0) is 31.1. The first-order valence-corrected chi connectivity index (χ1v) is 14.6. The SMILES string of the molecule is C.C=C.C=C.C=C\C=C(C)/C(C)=C(C)/C(C(/C)=C\CCC(C)(CCC)C(C)C(C=C)=C(C)C)=C(/C)CC.CC. The zero-order valence-electron chi connectivity index (χ0n) is 28.2. The van der Waals surface area contributed by atoms with E-state index in [2.05, 4.69) is 134 Å². The normalized spacial score (nSPS) is 14.4. The zero-order valence-corrected chi connectivity index (χ0v) is 28.2. The maximum absolute atomic E-state index is 4.11. The summed E-state index contributed by atoms with van der Waals surface area (Å²) in [5, 5.41) is 0. The molecule has 0 aromatic heterocycles. The van der Waals surface area contributed by atoms with Crippen molar-refractivity contribution in [3.05, 3.63) is 108 Å². The lowest BCUT2D eigenvalue weighted by molar-refractivity contribution is 0.195. The Hall–Kier alpha value is -2.34. The van der Waals surface area contributed by atoms with Gasteiger partial charge in [-0.1, -0.05) is 104 Å². The van der Waals surface area contributed by atoms with Crippen LogP contribution in [0.2, 0.25) is 0 Å². The molecular weight excluding hydrogens is 468 g/mol. The van der Waals surface area contributed by atoms with Gasteiger partial charge < -0.3 is 0 Å². The Morgan fingerprint density at radius 1 is 0.795 bits per heavy atom. The molecule has 0 heteroatoms. The number of allylic oxidation sites excluding steroid dienone is 12. The minimum absolute atomic E-state index is 0. The van der Waals surface area contributed by atoms with Crippen molar-refractivity contribution >= 4 is 0 Å². The molecule has 0 aliphatic carbocycles. The third kappa shape index (κ3) is 16.4. The fourth-order valence-electron chi connectivity index (χ4n) is 4.95. The van der Waals surface area contributed by atoms with E-state index in [1.54, 1.807) is 0 Å². The van der Waals surface area contributed by atoms with Gasteiger partial charge in [0.2, 0.25) is 0 Å². The van der Waals surface area contributed by atoms with Crippen molar-refractivity contribution in [2.45, 2.75) is 130 Å². The molecule has 0 saturated heterocycles. The second-order valence-electron chi connectivity index (χ2n) is 10.1. The molecule has 0 radical (unpaired) electrons. The van der Waals surface area contributed by atoms with E-state index in [9.17, 15) is 0 Å². The van der Waals surface area contributed by atoms with Crippen molar-refractivity contribution in [2.24, 2.45) is 11.3 Å². The molecule has 0 nitrogen and oxygen atoms in total. The first-order chi connectivity index (χ1) is 17.9. The molecule has 2 atom stereocenters. The van der Waals surface area contributed by atoms with Gasteiger partial charge in [0.15, 0.2) is 0 Å². The van der Waals surface area contributed by atoms with Crippen LogP contribution in [-0.2, 0) is 0 Å². The average molecular weight is 539 g/mol. The largest absolute Gasteiger partial charge is 0.106 e. The summed E-state index contributed by atoms with van der Waals surface area (Å²) in [5.74, 6) is 0.515. The van der Waals surface area contributed by atoms with Crippen molar-refractivity contribution in [1.82, 2.24) is 0 Å². The molecule has 0 aromatic carbocycles. The van der Waals surface area contributed by atoms with Gasteiger partial charge >= 0.3 is 0 Å². The Morgan fingerprint density at radius 3 is 1.64 bits per heavy atom. The Labute approximate surface area is 248 Å². The molecule has 2 unspecified atom stereocenters. The van der Waals surface area contributed by atoms with Crippen LogP contribution >= 0.6 is 0 Å². The van der Waals surface area contributed by atoms with E-state index in [0.717, 1.165) is 12.8 Å². The van der Waals surface area contributed by atoms with Gasteiger partial charge in [0.1, 0.15) is 0 Å². The van der Waals surface area contributed by atoms with Crippen LogP contribution < -0.4 is 0 Å². The number of rotatable bonds is 13. The van der Waals surface area contributed by atoms with Gasteiger partial charge in [-0.15, -0.1) is 26.3 Å². The summed E-state index contributed by atoms with van der Waals surface area (Å²) in [6.45, 7) is 49.1. The van der Waals surface area contributed by atoms with E-state index < -0.39 is 0 Å². The third-order valence-electron chi connectivity index (χ3n) is 7.54. The minimum Gasteiger partial charge on any atom is -0.106 e. The lowest BCUT2D eigenvalue weighted by Crippen LogP contribution is -2.27. The van der Waals surface area contributed by atoms with Crippen LogP contribution in [0.1, 0.15) is 130 Å². The standard InChI is InChI=1S/C32H52.C2H6.2C2H4.CH4/c1-14-19-25(8)27(10)28(11)31(24(7)16-3)26(9)20-18-22-32(13,21-15-2)29(12)30(17-4)23(5)6;3*1-2;/h14,17,19-20,29H,1,4,15-16,18,21-22H2,2-3,5-13H3;1-2H3;2*1-2H2;1H4/b25-19-,26-20-,28-27+,31-24-;;;;. The van der Waals surface area contributed by atoms with E-state index >= 15 is 0 Å². The van der Waals surface area contributed by atoms with Crippen molar-refractivity contribution in [2.75, 3.05) is 0 Å². The third-order valence-corrected chi connectivity index (χ3v) is 7.54. The molecule has 0 rings (SSSR count). The lowest BCUT2D eigenvalue weighted by Gasteiger charge is -2.37. The molecule has 0 bridgehead atoms. The van der Waals surface area contributed by atoms with E-state index in [0.29, 0.717) is 5.92 Å². The molecule has 0 spiro atoms. The van der Waals surface area contributed by atoms with Crippen molar-refractivity contribution in [3.8, 4) is 0 Å². The molecule has 0 amide bonds. The molecule has 0 heterocycles. The second-order valence-corrected chi connectivity index (χ2v) is 10.1. The van der Waals surface area contributed by atoms with Crippen LogP contribution in [0.25, 0.3) is 0 Å². The summed E-state index contributed by atoms with van der Waals surface area (Å²) >= 11 is 0. The van der Waals surface area contributed by atoms with Crippen molar-refractivity contribution in [3.63, 3.8) is 0 Å². The molecule has 226 valence electrons. The fraction of sp³-hybridized carbons (Fsp3) is 0.538. The molecule has 0 aliphatic rings. The van der Waals surface area contributed by atoms with E-state index in [4.69, 9.17) is 0 Å². The molecule has 0 saturated carbocycles. The highest BCUT2D eigenvalue weighted by Crippen LogP contribution is 2.42. The minimum atomic E-state index is 0. The molecule has 0 aromatic rings. The highest BCUT2D eigenvalue weighted by atomic mass is 14.4. The van der Waals surface area contributed by atoms with Crippen LogP contribution in [0.15, 0.2) is 108 Å². The predicted octanol–water partition coefficient (Wildman–Crippen LogP) is 14.1. The first-order valence-electron chi connectivity index (χ1n) is 14.6. The van der Waals surface area contributed by atoms with E-state index in [1.165, 1.54) is 63.8 Å². The average Bonchev–Trinajstić information content (AvgIpc) is 2.91. The Bertz CT molecular complexity index is 827.